The van der Waals surface area contributed by atoms with Gasteiger partial charge in [-0.1, -0.05) is 25.3 Å². The van der Waals surface area contributed by atoms with Crippen LogP contribution in [0.15, 0.2) is 25.3 Å². The molecular weight excluding hydrogens is 58.9 g/mol. The molecule has 5 heavy (non-hydrogen) atoms. The largest absolute Gasteiger partial charge is 0.0991 e. The topological polar surface area (TPSA) is 0 Å². The molecule has 25 valence electrons. The highest BCUT2D eigenvalue weighted by molar-refractivity contribution is 5.75. The van der Waals surface area contributed by atoms with Gasteiger partial charge in [-0.3, -0.25) is 0 Å². The summed E-state index contributed by atoms with van der Waals surface area (Å²) in [5.41, 5.74) is 0. The maximum absolute atomic E-state index is 3.36. The van der Waals surface area contributed by atoms with Crippen LogP contribution in [0.3, 0.4) is 0 Å². The van der Waals surface area contributed by atoms with Gasteiger partial charge < -0.3 is 0 Å². The molecule has 0 saturated carbocycles. The maximum Gasteiger partial charge on any atom is 0 e. The van der Waals surface area contributed by atoms with E-state index < -0.39 is 0 Å². The minimum absolute atomic E-state index is 0. The molecule has 0 bridgehead atoms. The van der Waals surface area contributed by atoms with Crippen LogP contribution >= 0.6 is 0 Å². The number of hydrogen-bond donors (Lipinski definition) is 0. The fraction of sp³-hybridized carbons (Fsp3) is 0. The lowest BCUT2D eigenvalue weighted by Gasteiger charge is -1.44. The van der Waals surface area contributed by atoms with E-state index in [4.69, 9.17) is 0 Å². The average molecular weight is 64.9 g/mol. The molecule has 0 aliphatic heterocycles. The molecule has 0 aliphatic carbocycles. The van der Waals surface area contributed by atoms with Crippen LogP contribution in [0, 0.1) is 0 Å². The smallest absolute Gasteiger partial charge is 0 e. The Labute approximate surface area is 34.8 Å². The van der Waals surface area contributed by atoms with E-state index in [0.717, 1.165) is 0 Å². The Morgan fingerprint density at radius 1 is 1.00 bits per heavy atom. The molecule has 0 N–H and O–H groups in total. The van der Waals surface area contributed by atoms with Crippen molar-refractivity contribution in [2.45, 2.75) is 0 Å². The van der Waals surface area contributed by atoms with Gasteiger partial charge >= 0.3 is 0 Å². The van der Waals surface area contributed by atoms with Gasteiger partial charge in [0, 0.05) is 8.41 Å². The zero-order valence-corrected chi connectivity index (χ0v) is 3.15. The molecule has 0 fully saturated rings. The maximum atomic E-state index is 3.36. The van der Waals surface area contributed by atoms with Gasteiger partial charge in [-0.2, -0.15) is 0 Å². The highest BCUT2D eigenvalue weighted by Gasteiger charge is 1.29. The Hall–Kier alpha value is -0.455. The summed E-state index contributed by atoms with van der Waals surface area (Å²) in [6, 6.07) is 0. The van der Waals surface area contributed by atoms with Crippen molar-refractivity contribution >= 4 is 8.41 Å². The van der Waals surface area contributed by atoms with Crippen molar-refractivity contribution in [2.75, 3.05) is 0 Å². The van der Waals surface area contributed by atoms with E-state index in [1.54, 1.807) is 12.2 Å². The molecule has 0 saturated heterocycles. The van der Waals surface area contributed by atoms with Crippen LogP contribution in [0.4, 0.5) is 0 Å². The molecule has 0 nitrogen and oxygen atoms in total. The minimum Gasteiger partial charge on any atom is -0.0991 e. The molecule has 3 radical (unpaired) electrons. The van der Waals surface area contributed by atoms with Crippen molar-refractivity contribution in [3.8, 4) is 0 Å². The fourth-order valence-corrected chi connectivity index (χ4v) is 0. The van der Waals surface area contributed by atoms with E-state index in [1.165, 1.54) is 0 Å². The van der Waals surface area contributed by atoms with Crippen LogP contribution in [0.25, 0.3) is 0 Å². The van der Waals surface area contributed by atoms with E-state index in [9.17, 15) is 0 Å². The normalized spacial score (nSPS) is 4.00. The summed E-state index contributed by atoms with van der Waals surface area (Å²) in [6.07, 6.45) is 3.28. The molecule has 0 aliphatic rings. The van der Waals surface area contributed by atoms with Gasteiger partial charge in [0.25, 0.3) is 0 Å². The molecule has 1 heteroatoms. The lowest BCUT2D eigenvalue weighted by atomic mass is 10.6. The molecule has 0 aromatic heterocycles. The average Bonchev–Trinajstić information content (AvgIpc) is 1.37. The molecule has 0 atom stereocenters. The zero-order chi connectivity index (χ0) is 3.41. The van der Waals surface area contributed by atoms with Gasteiger partial charge in [0.2, 0.25) is 0 Å². The van der Waals surface area contributed by atoms with Crippen LogP contribution in [0.1, 0.15) is 0 Å². The first-order chi connectivity index (χ1) is 1.91. The first kappa shape index (κ1) is 8.82. The van der Waals surface area contributed by atoms with E-state index in [-0.39, 0.29) is 8.41 Å². The highest BCUT2D eigenvalue weighted by atomic mass is 13.4. The van der Waals surface area contributed by atoms with Crippen molar-refractivity contribution in [3.05, 3.63) is 25.3 Å². The number of hydrogen-bond acceptors (Lipinski definition) is 0. The Morgan fingerprint density at radius 3 is 1.20 bits per heavy atom. The van der Waals surface area contributed by atoms with Crippen molar-refractivity contribution in [1.29, 1.82) is 0 Å². The zero-order valence-electron chi connectivity index (χ0n) is 3.15. The summed E-state index contributed by atoms with van der Waals surface area (Å²) in [6.45, 7) is 6.72. The quantitative estimate of drug-likeness (QED) is 0.315. The molecule has 0 aromatic rings. The van der Waals surface area contributed by atoms with Crippen LogP contribution < -0.4 is 0 Å². The van der Waals surface area contributed by atoms with Crippen molar-refractivity contribution < 1.29 is 0 Å². The molecular formula is C4H6B. The third-order valence-electron chi connectivity index (χ3n) is 0.167. The summed E-state index contributed by atoms with van der Waals surface area (Å²) >= 11 is 0. The van der Waals surface area contributed by atoms with E-state index in [1.807, 2.05) is 0 Å². The minimum atomic E-state index is 0. The monoisotopic (exact) mass is 65.1 g/mol. The van der Waals surface area contributed by atoms with E-state index in [0.29, 0.717) is 0 Å². The van der Waals surface area contributed by atoms with Crippen molar-refractivity contribution in [1.82, 2.24) is 0 Å². The van der Waals surface area contributed by atoms with E-state index >= 15 is 0 Å². The molecule has 0 rings (SSSR count). The SMILES string of the molecule is C=CC=C.[B]. The van der Waals surface area contributed by atoms with Crippen LogP contribution in [0.2, 0.25) is 0 Å². The molecule has 0 heterocycles. The highest BCUT2D eigenvalue weighted by Crippen LogP contribution is 1.52. The van der Waals surface area contributed by atoms with Gasteiger partial charge in [-0.25, -0.2) is 0 Å². The third kappa shape index (κ3) is 28.5. The molecule has 0 unspecified atom stereocenters. The van der Waals surface area contributed by atoms with Crippen LogP contribution in [0.5, 0.6) is 0 Å². The summed E-state index contributed by atoms with van der Waals surface area (Å²) < 4.78 is 0. The van der Waals surface area contributed by atoms with Gasteiger partial charge in [-0.15, -0.1) is 0 Å². The second kappa shape index (κ2) is 9.62. The summed E-state index contributed by atoms with van der Waals surface area (Å²) in [5.74, 6) is 0. The molecule has 0 spiro atoms. The second-order valence-electron chi connectivity index (χ2n) is 0.471. The number of allylic oxidation sites excluding steroid dienone is 2. The van der Waals surface area contributed by atoms with Gasteiger partial charge in [0.15, 0.2) is 0 Å². The Bertz CT molecular complexity index is 24.6. The van der Waals surface area contributed by atoms with Crippen molar-refractivity contribution in [2.24, 2.45) is 0 Å². The number of rotatable bonds is 1. The summed E-state index contributed by atoms with van der Waals surface area (Å²) in [5, 5.41) is 0. The molecule has 0 aromatic carbocycles. The lowest BCUT2D eigenvalue weighted by molar-refractivity contribution is 2.15. The second-order valence-corrected chi connectivity index (χ2v) is 0.471. The van der Waals surface area contributed by atoms with Gasteiger partial charge in [-0.05, 0) is 0 Å². The fourth-order valence-electron chi connectivity index (χ4n) is 0. The summed E-state index contributed by atoms with van der Waals surface area (Å²) in [7, 11) is 0. The van der Waals surface area contributed by atoms with Crippen molar-refractivity contribution in [3.63, 3.8) is 0 Å². The standard InChI is InChI=1S/C4H6.B/c1-3-4-2;/h3-4H,1-2H2;. The van der Waals surface area contributed by atoms with Crippen LogP contribution in [-0.4, -0.2) is 8.41 Å². The first-order valence-electron chi connectivity index (χ1n) is 1.15. The summed E-state index contributed by atoms with van der Waals surface area (Å²) in [4.78, 5) is 0. The van der Waals surface area contributed by atoms with Crippen LogP contribution in [-0.2, 0) is 0 Å². The molecule has 0 amide bonds. The Morgan fingerprint density at radius 2 is 1.20 bits per heavy atom. The van der Waals surface area contributed by atoms with E-state index in [2.05, 4.69) is 13.2 Å². The first-order valence-corrected chi connectivity index (χ1v) is 1.15. The lowest BCUT2D eigenvalue weighted by Crippen LogP contribution is -1.21. The van der Waals surface area contributed by atoms with Gasteiger partial charge in [0.1, 0.15) is 0 Å². The van der Waals surface area contributed by atoms with Gasteiger partial charge in [0.05, 0.1) is 0 Å². The third-order valence-corrected chi connectivity index (χ3v) is 0.167. The predicted molar refractivity (Wildman–Crippen MR) is 26.1 cm³/mol. The predicted octanol–water partition coefficient (Wildman–Crippen LogP) is 0.978. The Kier molecular flexibility index (Phi) is 17.0. The Balaban J connectivity index is 0.